The molecule has 2 rings (SSSR count). The third-order valence-electron chi connectivity index (χ3n) is 2.70. The number of anilines is 1. The van der Waals surface area contributed by atoms with Gasteiger partial charge in [-0.3, -0.25) is 0 Å². The average Bonchev–Trinajstić information content (AvgIpc) is 2.32. The van der Waals surface area contributed by atoms with Gasteiger partial charge in [0.15, 0.2) is 0 Å². The van der Waals surface area contributed by atoms with E-state index in [0.717, 1.165) is 19.3 Å². The van der Waals surface area contributed by atoms with Gasteiger partial charge in [-0.05, 0) is 31.4 Å². The fourth-order valence-electron chi connectivity index (χ4n) is 1.92. The summed E-state index contributed by atoms with van der Waals surface area (Å²) < 4.78 is 28.9. The van der Waals surface area contributed by atoms with Crippen LogP contribution in [0.4, 0.5) is 14.5 Å². The maximum atomic E-state index is 12.2. The van der Waals surface area contributed by atoms with Crippen LogP contribution in [0.3, 0.4) is 0 Å². The lowest BCUT2D eigenvalue weighted by atomic mass is 10.0. The van der Waals surface area contributed by atoms with E-state index in [4.69, 9.17) is 0 Å². The summed E-state index contributed by atoms with van der Waals surface area (Å²) in [6, 6.07) is 6.97. The quantitative estimate of drug-likeness (QED) is 0.807. The molecule has 0 saturated carbocycles. The summed E-state index contributed by atoms with van der Waals surface area (Å²) in [4.78, 5) is 0. The molecular formula is C13H15F2NO. The molecule has 0 heterocycles. The highest BCUT2D eigenvalue weighted by atomic mass is 19.3. The highest BCUT2D eigenvalue weighted by molar-refractivity contribution is 5.57. The zero-order valence-electron chi connectivity index (χ0n) is 9.40. The van der Waals surface area contributed by atoms with Crippen molar-refractivity contribution in [2.45, 2.75) is 31.9 Å². The van der Waals surface area contributed by atoms with Gasteiger partial charge in [-0.15, -0.1) is 0 Å². The fraction of sp³-hybridized carbons (Fsp3) is 0.385. The molecule has 1 atom stereocenters. The Balaban J connectivity index is 2.08. The summed E-state index contributed by atoms with van der Waals surface area (Å²) in [6.45, 7) is -2.79. The maximum Gasteiger partial charge on any atom is 0.387 e. The predicted molar refractivity (Wildman–Crippen MR) is 63.5 cm³/mol. The summed E-state index contributed by atoms with van der Waals surface area (Å²) in [5.74, 6) is 0.196. The molecule has 2 nitrogen and oxygen atoms in total. The van der Waals surface area contributed by atoms with E-state index in [1.807, 2.05) is 0 Å². The van der Waals surface area contributed by atoms with E-state index in [1.54, 1.807) is 24.3 Å². The SMILES string of the molecule is FC(F)Oc1ccccc1NC1C=CCCC1. The molecule has 0 aromatic heterocycles. The number of ether oxygens (including phenoxy) is 1. The van der Waals surface area contributed by atoms with E-state index in [2.05, 4.69) is 22.2 Å². The first kappa shape index (κ1) is 11.9. The Kier molecular flexibility index (Phi) is 3.96. The van der Waals surface area contributed by atoms with Gasteiger partial charge in [-0.1, -0.05) is 24.3 Å². The second kappa shape index (κ2) is 5.66. The van der Waals surface area contributed by atoms with Gasteiger partial charge >= 0.3 is 6.61 Å². The minimum absolute atomic E-state index is 0.196. The monoisotopic (exact) mass is 239 g/mol. The second-order valence-corrected chi connectivity index (χ2v) is 3.98. The van der Waals surface area contributed by atoms with E-state index in [1.165, 1.54) is 0 Å². The molecule has 0 fully saturated rings. The first-order chi connectivity index (χ1) is 8.25. The highest BCUT2D eigenvalue weighted by Gasteiger charge is 2.13. The Labute approximate surface area is 99.3 Å². The molecule has 4 heteroatoms. The average molecular weight is 239 g/mol. The van der Waals surface area contributed by atoms with E-state index in [-0.39, 0.29) is 11.8 Å². The van der Waals surface area contributed by atoms with Crippen molar-refractivity contribution >= 4 is 5.69 Å². The van der Waals surface area contributed by atoms with Crippen molar-refractivity contribution in [1.82, 2.24) is 0 Å². The largest absolute Gasteiger partial charge is 0.433 e. The lowest BCUT2D eigenvalue weighted by Gasteiger charge is -2.21. The fourth-order valence-corrected chi connectivity index (χ4v) is 1.92. The van der Waals surface area contributed by atoms with Gasteiger partial charge in [-0.25, -0.2) is 0 Å². The minimum atomic E-state index is -2.79. The van der Waals surface area contributed by atoms with Crippen LogP contribution in [0.5, 0.6) is 5.75 Å². The molecule has 0 amide bonds. The molecule has 0 aliphatic heterocycles. The number of halogens is 2. The summed E-state index contributed by atoms with van der Waals surface area (Å²) in [5.41, 5.74) is 0.615. The van der Waals surface area contributed by atoms with Gasteiger partial charge in [0.2, 0.25) is 0 Å². The van der Waals surface area contributed by atoms with Crippen molar-refractivity contribution in [2.24, 2.45) is 0 Å². The number of benzene rings is 1. The van der Waals surface area contributed by atoms with Crippen LogP contribution in [-0.2, 0) is 0 Å². The maximum absolute atomic E-state index is 12.2. The lowest BCUT2D eigenvalue weighted by molar-refractivity contribution is -0.0493. The van der Waals surface area contributed by atoms with Crippen molar-refractivity contribution < 1.29 is 13.5 Å². The van der Waals surface area contributed by atoms with Crippen molar-refractivity contribution in [3.63, 3.8) is 0 Å². The number of hydrogen-bond donors (Lipinski definition) is 1. The molecular weight excluding hydrogens is 224 g/mol. The third-order valence-corrected chi connectivity index (χ3v) is 2.70. The molecule has 0 bridgehead atoms. The first-order valence-electron chi connectivity index (χ1n) is 5.73. The normalized spacial score (nSPS) is 19.4. The van der Waals surface area contributed by atoms with Crippen molar-refractivity contribution in [1.29, 1.82) is 0 Å². The number of hydrogen-bond acceptors (Lipinski definition) is 2. The summed E-state index contributed by atoms with van der Waals surface area (Å²) in [6.07, 6.45) is 7.40. The molecule has 92 valence electrons. The molecule has 1 N–H and O–H groups in total. The minimum Gasteiger partial charge on any atom is -0.433 e. The van der Waals surface area contributed by atoms with E-state index < -0.39 is 6.61 Å². The Hall–Kier alpha value is -1.58. The van der Waals surface area contributed by atoms with Crippen molar-refractivity contribution in [3.8, 4) is 5.75 Å². The van der Waals surface area contributed by atoms with Crippen molar-refractivity contribution in [3.05, 3.63) is 36.4 Å². The van der Waals surface area contributed by atoms with E-state index >= 15 is 0 Å². The van der Waals surface area contributed by atoms with Crippen LogP contribution < -0.4 is 10.1 Å². The van der Waals surface area contributed by atoms with Crippen LogP contribution in [0.1, 0.15) is 19.3 Å². The smallest absolute Gasteiger partial charge is 0.387 e. The first-order valence-corrected chi connectivity index (χ1v) is 5.73. The summed E-state index contributed by atoms with van der Waals surface area (Å²) >= 11 is 0. The van der Waals surface area contributed by atoms with Crippen LogP contribution in [0.2, 0.25) is 0 Å². The molecule has 1 aliphatic rings. The van der Waals surface area contributed by atoms with Gasteiger partial charge in [-0.2, -0.15) is 8.78 Å². The Morgan fingerprint density at radius 2 is 2.12 bits per heavy atom. The number of rotatable bonds is 4. The Morgan fingerprint density at radius 3 is 2.82 bits per heavy atom. The molecule has 1 unspecified atom stereocenters. The zero-order chi connectivity index (χ0) is 12.1. The summed E-state index contributed by atoms with van der Waals surface area (Å²) in [7, 11) is 0. The van der Waals surface area contributed by atoms with Crippen LogP contribution in [0.15, 0.2) is 36.4 Å². The van der Waals surface area contributed by atoms with Crippen LogP contribution in [0, 0.1) is 0 Å². The van der Waals surface area contributed by atoms with Crippen LogP contribution in [-0.4, -0.2) is 12.7 Å². The second-order valence-electron chi connectivity index (χ2n) is 3.98. The van der Waals surface area contributed by atoms with E-state index in [0.29, 0.717) is 5.69 Å². The zero-order valence-corrected chi connectivity index (χ0v) is 9.40. The van der Waals surface area contributed by atoms with E-state index in [9.17, 15) is 8.78 Å². The molecule has 1 aromatic carbocycles. The topological polar surface area (TPSA) is 21.3 Å². The highest BCUT2D eigenvalue weighted by Crippen LogP contribution is 2.27. The van der Waals surface area contributed by atoms with Gasteiger partial charge in [0.05, 0.1) is 5.69 Å². The standard InChI is InChI=1S/C13H15F2NO/c14-13(15)17-12-9-5-4-8-11(12)16-10-6-2-1-3-7-10/h2,4-6,8-10,13,16H,1,3,7H2. The lowest BCUT2D eigenvalue weighted by Crippen LogP contribution is -2.19. The third kappa shape index (κ3) is 3.44. The molecule has 17 heavy (non-hydrogen) atoms. The summed E-state index contributed by atoms with van der Waals surface area (Å²) in [5, 5.41) is 3.21. The Morgan fingerprint density at radius 1 is 1.29 bits per heavy atom. The molecule has 1 aliphatic carbocycles. The van der Waals surface area contributed by atoms with Crippen LogP contribution in [0.25, 0.3) is 0 Å². The van der Waals surface area contributed by atoms with Gasteiger partial charge in [0.1, 0.15) is 5.75 Å². The van der Waals surface area contributed by atoms with Gasteiger partial charge < -0.3 is 10.1 Å². The molecule has 0 spiro atoms. The molecule has 0 radical (unpaired) electrons. The van der Waals surface area contributed by atoms with Crippen molar-refractivity contribution in [2.75, 3.05) is 5.32 Å². The number of nitrogens with one attached hydrogen (secondary N) is 1. The van der Waals surface area contributed by atoms with Gasteiger partial charge in [0, 0.05) is 6.04 Å². The predicted octanol–water partition coefficient (Wildman–Crippen LogP) is 3.81. The number of allylic oxidation sites excluding steroid dienone is 1. The molecule has 1 aromatic rings. The van der Waals surface area contributed by atoms with Crippen LogP contribution >= 0.6 is 0 Å². The molecule has 0 saturated heterocycles. The Bertz CT molecular complexity index is 393. The number of alkyl halides is 2. The number of para-hydroxylation sites is 2. The van der Waals surface area contributed by atoms with Gasteiger partial charge in [0.25, 0.3) is 0 Å².